The summed E-state index contributed by atoms with van der Waals surface area (Å²) in [7, 11) is -8.11. The largest absolute Gasteiger partial charge is 0.486 e. The molecule has 29 nitrogen and oxygen atoms in total. The molecule has 4 aromatic carbocycles. The number of aliphatic hydroxyl groups excluding tert-OH is 1. The van der Waals surface area contributed by atoms with Gasteiger partial charge in [-0.25, -0.2) is 39.6 Å². The third-order valence-electron chi connectivity index (χ3n) is 18.9. The van der Waals surface area contributed by atoms with E-state index in [1.807, 2.05) is 63.2 Å². The molecule has 1 aromatic heterocycles. The number of carbonyl (C=O) groups is 5. The number of benzene rings is 4. The van der Waals surface area contributed by atoms with E-state index in [1.165, 1.54) is 37.3 Å². The number of halogens is 1. The Morgan fingerprint density at radius 3 is 1.62 bits per heavy atom. The first-order chi connectivity index (χ1) is 51.7. The molecule has 110 heavy (non-hydrogen) atoms. The molecule has 5 atom stereocenters. The van der Waals surface area contributed by atoms with Crippen LogP contribution in [0.4, 0.5) is 20.1 Å². The molecule has 6 aliphatic rings. The van der Waals surface area contributed by atoms with Crippen LogP contribution in [0.5, 0.6) is 5.75 Å². The van der Waals surface area contributed by atoms with Crippen LogP contribution >= 0.6 is 11.6 Å². The van der Waals surface area contributed by atoms with Crippen molar-refractivity contribution in [2.24, 2.45) is 5.41 Å². The van der Waals surface area contributed by atoms with Crippen LogP contribution < -0.4 is 20.5 Å². The summed E-state index contributed by atoms with van der Waals surface area (Å²) < 4.78 is 116. The Balaban J connectivity index is 0.000000191. The van der Waals surface area contributed by atoms with E-state index in [-0.39, 0.29) is 118 Å². The number of sulfonamides is 3. The molecule has 11 rings (SSSR count). The number of piperazine rings is 4. The van der Waals surface area contributed by atoms with Crippen molar-refractivity contribution in [1.29, 1.82) is 0 Å². The number of amides is 3. The number of nitrogens with zero attached hydrogens (tertiary/aromatic N) is 9. The standard InChI is InChI=1S/C28H31ClN4O4S.C19H28N2O6S.C18H28N2O5S.C12H22N2O4/c1-28(12-13-28)19-37-26-24(17-30-33(27(26)34)22-9-5-8-21(29)16-22)31-14-15-32-23(18-31)10-11-25(38(32,35)36)20-6-3-2-4-7-20;1-19(2,3)27-18(23)20-10-11-21(16(13-20)12-17(22)26-4)28(24,25)14-15-8-6-5-7-9-15;1-18(2,3)25-17(22)19-10-11-20(16(13-19)9-12-21)26(23,24)14-15-7-5-4-6-8-15;1-12(2,3)18-11(16)14-6-5-13-9(8-14)7-10(15)17-4/h2-9,16-17,23,25H,10-15,18-19H2,1H3;5-9,16H,10-14H2,1-4H3;4-8,16,21H,9-14H2,1-3H3;9,13H,5-8H2,1-4H3. The summed E-state index contributed by atoms with van der Waals surface area (Å²) in [6.45, 7) is 22.6. The number of esters is 2. The molecule has 5 aliphatic heterocycles. The molecule has 606 valence electrons. The third kappa shape index (κ3) is 25.5. The van der Waals surface area contributed by atoms with Crippen molar-refractivity contribution in [1.82, 2.24) is 42.7 Å². The molecular formula is C77H109ClN10O19S3. The maximum atomic E-state index is 13.7. The predicted octanol–water partition coefficient (Wildman–Crippen LogP) is 9.00. The average molecular weight is 1610 g/mol. The van der Waals surface area contributed by atoms with Gasteiger partial charge in [-0.05, 0) is 129 Å². The highest BCUT2D eigenvalue weighted by atomic mass is 35.5. The van der Waals surface area contributed by atoms with Gasteiger partial charge in [0.25, 0.3) is 0 Å². The van der Waals surface area contributed by atoms with Gasteiger partial charge in [-0.3, -0.25) is 14.4 Å². The number of carbonyl (C=O) groups excluding carboxylic acids is 5. The quantitative estimate of drug-likeness (QED) is 0.0610. The van der Waals surface area contributed by atoms with Crippen molar-refractivity contribution >= 4 is 77.6 Å². The lowest BCUT2D eigenvalue weighted by molar-refractivity contribution is -0.142. The number of hydrogen-bond donors (Lipinski definition) is 2. The minimum atomic E-state index is -3.68. The third-order valence-corrected chi connectivity index (χ3v) is 25.3. The molecule has 2 N–H and O–H groups in total. The zero-order valence-electron chi connectivity index (χ0n) is 65.1. The highest BCUT2D eigenvalue weighted by molar-refractivity contribution is 7.89. The van der Waals surface area contributed by atoms with Gasteiger partial charge >= 0.3 is 35.8 Å². The number of fused-ring (bicyclic) bond motifs is 1. The Morgan fingerprint density at radius 2 is 1.12 bits per heavy atom. The summed E-state index contributed by atoms with van der Waals surface area (Å²) >= 11 is 6.17. The molecule has 6 fully saturated rings. The fourth-order valence-corrected chi connectivity index (χ4v) is 19.0. The molecule has 5 aromatic rings. The second-order valence-corrected chi connectivity index (χ2v) is 37.8. The van der Waals surface area contributed by atoms with E-state index in [0.717, 1.165) is 24.8 Å². The van der Waals surface area contributed by atoms with Gasteiger partial charge in [-0.15, -0.1) is 0 Å². The van der Waals surface area contributed by atoms with E-state index < -0.39 is 82.4 Å². The van der Waals surface area contributed by atoms with Gasteiger partial charge in [0.05, 0.1) is 63.1 Å². The average Bonchev–Trinajstić information content (AvgIpc) is 1.12. The summed E-state index contributed by atoms with van der Waals surface area (Å²) in [4.78, 5) is 79.9. The summed E-state index contributed by atoms with van der Waals surface area (Å²) in [5.74, 6) is -0.822. The zero-order chi connectivity index (χ0) is 80.6. The SMILES string of the molecule is CC(C)(C)OC(=O)N1CCN(S(=O)(=O)Cc2ccccc2)C(CCO)C1.CC1(COc2c(N3CCN4C(CCC(c5ccccc5)S4(=O)=O)C3)cnn(-c3cccc(Cl)c3)c2=O)CC1.COC(=O)CC1CN(C(=O)OC(C)(C)C)CCN1.COC(=O)CC1CN(C(=O)OC(C)(C)C)CCN1S(=O)(=O)Cc1ccccc1. The first kappa shape index (κ1) is 87.6. The van der Waals surface area contributed by atoms with Crippen LogP contribution in [-0.4, -0.2) is 245 Å². The second-order valence-electron chi connectivity index (χ2n) is 31.4. The molecule has 5 unspecified atom stereocenters. The molecule has 6 heterocycles. The molecule has 5 saturated heterocycles. The lowest BCUT2D eigenvalue weighted by Gasteiger charge is -2.46. The Hall–Kier alpha value is -7.95. The molecule has 33 heteroatoms. The maximum absolute atomic E-state index is 13.7. The van der Waals surface area contributed by atoms with Gasteiger partial charge < -0.3 is 58.4 Å². The number of aliphatic hydroxyl groups is 1. The number of ether oxygens (including phenoxy) is 6. The van der Waals surface area contributed by atoms with Crippen LogP contribution in [-0.2, 0) is 74.8 Å². The monoisotopic (exact) mass is 1610 g/mol. The van der Waals surface area contributed by atoms with Crippen molar-refractivity contribution in [2.75, 3.05) is 111 Å². The first-order valence-electron chi connectivity index (χ1n) is 37.0. The maximum Gasteiger partial charge on any atom is 0.410 e. The van der Waals surface area contributed by atoms with E-state index in [9.17, 15) is 59.1 Å². The Morgan fingerprint density at radius 1 is 0.618 bits per heavy atom. The number of nitrogens with one attached hydrogen (secondary N) is 1. The van der Waals surface area contributed by atoms with E-state index in [0.29, 0.717) is 79.8 Å². The van der Waals surface area contributed by atoms with Crippen LogP contribution in [0.15, 0.2) is 126 Å². The topological polar surface area (TPSA) is 333 Å². The van der Waals surface area contributed by atoms with E-state index in [4.69, 9.17) is 35.3 Å². The summed E-state index contributed by atoms with van der Waals surface area (Å²) in [6, 6.07) is 32.9. The summed E-state index contributed by atoms with van der Waals surface area (Å²) in [5, 5.41) is 17.0. The first-order valence-corrected chi connectivity index (χ1v) is 42.1. The van der Waals surface area contributed by atoms with Crippen LogP contribution in [0.3, 0.4) is 0 Å². The Bertz CT molecular complexity index is 4330. The lowest BCUT2D eigenvalue weighted by Crippen LogP contribution is -2.58. The zero-order valence-corrected chi connectivity index (χ0v) is 68.3. The van der Waals surface area contributed by atoms with Gasteiger partial charge in [-0.1, -0.05) is 116 Å². The minimum absolute atomic E-state index is 0.0675. The lowest BCUT2D eigenvalue weighted by atomic mass is 10.0. The number of rotatable bonds is 18. The number of hydrogen-bond acceptors (Lipinski definition) is 22. The van der Waals surface area contributed by atoms with Crippen LogP contribution in [0.2, 0.25) is 5.02 Å². The second kappa shape index (κ2) is 38.0. The molecular weight excluding hydrogens is 1500 g/mol. The highest BCUT2D eigenvalue weighted by Crippen LogP contribution is 2.46. The summed E-state index contributed by atoms with van der Waals surface area (Å²) in [5.41, 5.74) is 1.34. The minimum Gasteiger partial charge on any atom is -0.486 e. The van der Waals surface area contributed by atoms with Crippen molar-refractivity contribution < 1.29 is 82.8 Å². The van der Waals surface area contributed by atoms with Gasteiger partial charge in [0.1, 0.15) is 27.7 Å². The Labute approximate surface area is 652 Å². The predicted molar refractivity (Wildman–Crippen MR) is 417 cm³/mol. The van der Waals surface area contributed by atoms with Gasteiger partial charge in [0.2, 0.25) is 35.8 Å². The van der Waals surface area contributed by atoms with Crippen molar-refractivity contribution in [2.45, 2.75) is 172 Å². The Kier molecular flexibility index (Phi) is 30.3. The molecule has 3 amide bonds. The highest BCUT2D eigenvalue weighted by Gasteiger charge is 2.47. The molecule has 1 saturated carbocycles. The van der Waals surface area contributed by atoms with Crippen molar-refractivity contribution in [3.8, 4) is 11.4 Å². The fraction of sp³-hybridized carbons (Fsp3) is 0.571. The number of aromatic nitrogens is 2. The van der Waals surface area contributed by atoms with E-state index in [1.54, 1.807) is 130 Å². The van der Waals surface area contributed by atoms with E-state index in [2.05, 4.69) is 27.0 Å². The molecule has 1 aliphatic carbocycles. The van der Waals surface area contributed by atoms with Crippen LogP contribution in [0.25, 0.3) is 5.69 Å². The summed E-state index contributed by atoms with van der Waals surface area (Å²) in [6.07, 6.45) is 4.18. The van der Waals surface area contributed by atoms with Crippen molar-refractivity contribution in [3.63, 3.8) is 0 Å². The molecule has 0 radical (unpaired) electrons. The van der Waals surface area contributed by atoms with E-state index >= 15 is 0 Å². The number of anilines is 1. The normalized spacial score (nSPS) is 20.9. The van der Waals surface area contributed by atoms with Gasteiger partial charge in [0.15, 0.2) is 0 Å². The van der Waals surface area contributed by atoms with Crippen LogP contribution in [0, 0.1) is 5.41 Å². The van der Waals surface area contributed by atoms with Crippen LogP contribution in [0.1, 0.15) is 136 Å². The molecule has 0 spiro atoms. The van der Waals surface area contributed by atoms with Gasteiger partial charge in [0, 0.05) is 114 Å². The smallest absolute Gasteiger partial charge is 0.410 e. The molecule has 0 bridgehead atoms. The van der Waals surface area contributed by atoms with Crippen molar-refractivity contribution in [3.05, 3.63) is 154 Å². The number of methoxy groups -OCH3 is 2. The van der Waals surface area contributed by atoms with Gasteiger partial charge in [-0.2, -0.15) is 22.7 Å². The fourth-order valence-electron chi connectivity index (χ4n) is 13.2.